The van der Waals surface area contributed by atoms with E-state index in [1.54, 1.807) is 13.8 Å². The maximum Gasteiger partial charge on any atom is 0.326 e. The molecule has 0 radical (unpaired) electrons. The SMILES string of the molecule is CC[C@H](C)[C@H](NC(=O)[C@H](CCC(=O)O)NC(=O)[C@@H](N)CCC(=O)O)C(=O)O. The van der Waals surface area contributed by atoms with Gasteiger partial charge in [0.2, 0.25) is 11.8 Å². The van der Waals surface area contributed by atoms with E-state index < -0.39 is 54.3 Å². The molecule has 0 rings (SSSR count). The number of hydrogen-bond acceptors (Lipinski definition) is 6. The lowest BCUT2D eigenvalue weighted by Gasteiger charge is -2.25. The van der Waals surface area contributed by atoms with E-state index in [0.717, 1.165) is 0 Å². The Hall–Kier alpha value is -2.69. The Bertz CT molecular complexity index is 566. The highest BCUT2D eigenvalue weighted by molar-refractivity contribution is 5.92. The summed E-state index contributed by atoms with van der Waals surface area (Å²) in [4.78, 5) is 57.1. The molecule has 0 bridgehead atoms. The first kappa shape index (κ1) is 24.3. The molecule has 0 saturated heterocycles. The van der Waals surface area contributed by atoms with Gasteiger partial charge >= 0.3 is 17.9 Å². The van der Waals surface area contributed by atoms with Crippen LogP contribution in [-0.4, -0.2) is 63.2 Å². The Kier molecular flexibility index (Phi) is 10.7. The van der Waals surface area contributed by atoms with E-state index in [4.69, 9.17) is 15.9 Å². The standard InChI is InChI=1S/C16H27N3O8/c1-3-8(2)13(16(26)27)19-15(25)10(5-7-12(22)23)18-14(24)9(17)4-6-11(20)21/h8-10,13H,3-7,17H2,1-2H3,(H,18,24)(H,19,25)(H,20,21)(H,22,23)(H,26,27)/t8-,9-,10-,13-/m0/s1. The summed E-state index contributed by atoms with van der Waals surface area (Å²) in [5.41, 5.74) is 5.57. The summed E-state index contributed by atoms with van der Waals surface area (Å²) in [6.45, 7) is 3.38. The van der Waals surface area contributed by atoms with Crippen molar-refractivity contribution in [3.63, 3.8) is 0 Å². The van der Waals surface area contributed by atoms with Gasteiger partial charge in [-0.15, -0.1) is 0 Å². The molecule has 0 unspecified atom stereocenters. The molecule has 0 heterocycles. The first-order chi connectivity index (χ1) is 12.5. The van der Waals surface area contributed by atoms with E-state index >= 15 is 0 Å². The van der Waals surface area contributed by atoms with Gasteiger partial charge in [-0.25, -0.2) is 4.79 Å². The van der Waals surface area contributed by atoms with Crippen LogP contribution in [0.4, 0.5) is 0 Å². The van der Waals surface area contributed by atoms with E-state index in [2.05, 4.69) is 10.6 Å². The van der Waals surface area contributed by atoms with Gasteiger partial charge in [-0.2, -0.15) is 0 Å². The molecule has 11 heteroatoms. The second-order valence-corrected chi connectivity index (χ2v) is 6.24. The third kappa shape index (κ3) is 9.54. The molecule has 0 aliphatic heterocycles. The Labute approximate surface area is 156 Å². The fourth-order valence-electron chi connectivity index (χ4n) is 2.16. The molecular formula is C16H27N3O8. The van der Waals surface area contributed by atoms with Crippen molar-refractivity contribution >= 4 is 29.7 Å². The van der Waals surface area contributed by atoms with Gasteiger partial charge in [-0.3, -0.25) is 19.2 Å². The molecular weight excluding hydrogens is 362 g/mol. The molecule has 2 amide bonds. The number of amides is 2. The molecule has 0 fully saturated rings. The Balaban J connectivity index is 5.12. The zero-order chi connectivity index (χ0) is 21.1. The molecule has 27 heavy (non-hydrogen) atoms. The summed E-state index contributed by atoms with van der Waals surface area (Å²) in [6.07, 6.45) is -0.757. The number of carbonyl (C=O) groups is 5. The van der Waals surface area contributed by atoms with Crippen LogP contribution in [0.15, 0.2) is 0 Å². The van der Waals surface area contributed by atoms with Gasteiger partial charge in [0, 0.05) is 12.8 Å². The van der Waals surface area contributed by atoms with Crippen molar-refractivity contribution in [2.45, 2.75) is 64.1 Å². The molecule has 11 nitrogen and oxygen atoms in total. The third-order valence-corrected chi connectivity index (χ3v) is 4.06. The molecule has 0 saturated carbocycles. The Morgan fingerprint density at radius 1 is 0.889 bits per heavy atom. The molecule has 0 aromatic carbocycles. The fraction of sp³-hybridized carbons (Fsp3) is 0.688. The summed E-state index contributed by atoms with van der Waals surface area (Å²) in [5.74, 6) is -5.65. The minimum Gasteiger partial charge on any atom is -0.481 e. The normalized spacial score (nSPS) is 15.1. The molecule has 7 N–H and O–H groups in total. The molecule has 0 aromatic rings. The molecule has 0 aromatic heterocycles. The van der Waals surface area contributed by atoms with E-state index in [1.165, 1.54) is 0 Å². The fourth-order valence-corrected chi connectivity index (χ4v) is 2.16. The summed E-state index contributed by atoms with van der Waals surface area (Å²) in [6, 6.07) is -3.71. The molecule has 0 aliphatic rings. The van der Waals surface area contributed by atoms with Gasteiger partial charge in [-0.1, -0.05) is 20.3 Å². The zero-order valence-electron chi connectivity index (χ0n) is 15.3. The quantitative estimate of drug-likeness (QED) is 0.232. The van der Waals surface area contributed by atoms with Crippen LogP contribution < -0.4 is 16.4 Å². The van der Waals surface area contributed by atoms with Gasteiger partial charge in [0.15, 0.2) is 0 Å². The second kappa shape index (κ2) is 11.8. The van der Waals surface area contributed by atoms with Crippen LogP contribution in [0, 0.1) is 5.92 Å². The lowest BCUT2D eigenvalue weighted by Crippen LogP contribution is -2.55. The lowest BCUT2D eigenvalue weighted by atomic mass is 9.98. The van der Waals surface area contributed by atoms with Gasteiger partial charge in [0.05, 0.1) is 6.04 Å². The van der Waals surface area contributed by atoms with E-state index in [9.17, 15) is 29.1 Å². The number of nitrogens with two attached hydrogens (primary N) is 1. The van der Waals surface area contributed by atoms with Crippen LogP contribution >= 0.6 is 0 Å². The van der Waals surface area contributed by atoms with Crippen molar-refractivity contribution in [2.75, 3.05) is 0 Å². The minimum absolute atomic E-state index is 0.168. The van der Waals surface area contributed by atoms with E-state index in [0.29, 0.717) is 6.42 Å². The van der Waals surface area contributed by atoms with E-state index in [1.807, 2.05) is 0 Å². The van der Waals surface area contributed by atoms with Crippen molar-refractivity contribution in [3.05, 3.63) is 0 Å². The van der Waals surface area contributed by atoms with Crippen molar-refractivity contribution in [1.82, 2.24) is 10.6 Å². The predicted octanol–water partition coefficient (Wildman–Crippen LogP) is -0.856. The number of aliphatic carboxylic acids is 3. The number of carboxylic acids is 3. The van der Waals surface area contributed by atoms with Crippen molar-refractivity contribution in [1.29, 1.82) is 0 Å². The van der Waals surface area contributed by atoms with Gasteiger partial charge in [0.1, 0.15) is 12.1 Å². The van der Waals surface area contributed by atoms with Crippen LogP contribution in [-0.2, 0) is 24.0 Å². The van der Waals surface area contributed by atoms with Gasteiger partial charge in [-0.05, 0) is 18.8 Å². The average Bonchev–Trinajstić information content (AvgIpc) is 2.59. The predicted molar refractivity (Wildman–Crippen MR) is 92.7 cm³/mol. The third-order valence-electron chi connectivity index (χ3n) is 4.06. The van der Waals surface area contributed by atoms with Crippen LogP contribution in [0.3, 0.4) is 0 Å². The Morgan fingerprint density at radius 3 is 1.85 bits per heavy atom. The first-order valence-electron chi connectivity index (χ1n) is 8.52. The number of carbonyl (C=O) groups excluding carboxylic acids is 2. The lowest BCUT2D eigenvalue weighted by molar-refractivity contribution is -0.144. The second-order valence-electron chi connectivity index (χ2n) is 6.24. The maximum atomic E-state index is 12.4. The maximum absolute atomic E-state index is 12.4. The monoisotopic (exact) mass is 389 g/mol. The van der Waals surface area contributed by atoms with Crippen molar-refractivity contribution in [2.24, 2.45) is 11.7 Å². The number of carboxylic acid groups (broad SMARTS) is 3. The van der Waals surface area contributed by atoms with E-state index in [-0.39, 0.29) is 25.2 Å². The largest absolute Gasteiger partial charge is 0.481 e. The van der Waals surface area contributed by atoms with Crippen LogP contribution in [0.25, 0.3) is 0 Å². The summed E-state index contributed by atoms with van der Waals surface area (Å²) in [5, 5.41) is 31.2. The Morgan fingerprint density at radius 2 is 1.41 bits per heavy atom. The summed E-state index contributed by atoms with van der Waals surface area (Å²) >= 11 is 0. The summed E-state index contributed by atoms with van der Waals surface area (Å²) < 4.78 is 0. The number of rotatable bonds is 13. The molecule has 0 spiro atoms. The van der Waals surface area contributed by atoms with Crippen LogP contribution in [0.1, 0.15) is 46.0 Å². The first-order valence-corrected chi connectivity index (χ1v) is 8.52. The highest BCUT2D eigenvalue weighted by atomic mass is 16.4. The average molecular weight is 389 g/mol. The van der Waals surface area contributed by atoms with Crippen LogP contribution in [0.2, 0.25) is 0 Å². The highest BCUT2D eigenvalue weighted by Gasteiger charge is 2.30. The number of nitrogens with one attached hydrogen (secondary N) is 2. The van der Waals surface area contributed by atoms with Crippen molar-refractivity contribution < 1.29 is 39.3 Å². The smallest absolute Gasteiger partial charge is 0.326 e. The summed E-state index contributed by atoms with van der Waals surface area (Å²) in [7, 11) is 0. The topological polar surface area (TPSA) is 196 Å². The molecule has 4 atom stereocenters. The zero-order valence-corrected chi connectivity index (χ0v) is 15.3. The molecule has 154 valence electrons. The van der Waals surface area contributed by atoms with Gasteiger partial charge < -0.3 is 31.7 Å². The van der Waals surface area contributed by atoms with Crippen LogP contribution in [0.5, 0.6) is 0 Å². The minimum atomic E-state index is -1.31. The number of hydrogen-bond donors (Lipinski definition) is 6. The van der Waals surface area contributed by atoms with Crippen molar-refractivity contribution in [3.8, 4) is 0 Å². The highest BCUT2D eigenvalue weighted by Crippen LogP contribution is 2.09. The molecule has 0 aliphatic carbocycles. The van der Waals surface area contributed by atoms with Gasteiger partial charge in [0.25, 0.3) is 0 Å².